The number of aryl methyl sites for hydroxylation is 1. The largest absolute Gasteiger partial charge is 0.322 e. The van der Waals surface area contributed by atoms with E-state index in [-0.39, 0.29) is 17.1 Å². The minimum absolute atomic E-state index is 0.00255. The van der Waals surface area contributed by atoms with Crippen molar-refractivity contribution in [2.75, 3.05) is 0 Å². The van der Waals surface area contributed by atoms with Crippen molar-refractivity contribution in [3.05, 3.63) is 51.6 Å². The first-order chi connectivity index (χ1) is 15.8. The van der Waals surface area contributed by atoms with Gasteiger partial charge in [0.05, 0.1) is 11.6 Å². The highest BCUT2D eigenvalue weighted by Crippen LogP contribution is 2.34. The molecule has 2 aromatic heterocycles. The lowest BCUT2D eigenvalue weighted by molar-refractivity contribution is 0.0801. The Hall–Kier alpha value is -2.54. The van der Waals surface area contributed by atoms with Crippen LogP contribution >= 0.6 is 0 Å². The Balaban J connectivity index is 1.75. The molecule has 1 atom stereocenters. The summed E-state index contributed by atoms with van der Waals surface area (Å²) in [6, 6.07) is 8.77. The van der Waals surface area contributed by atoms with E-state index in [4.69, 9.17) is 0 Å². The second-order valence-corrected chi connectivity index (χ2v) is 10.2. The Labute approximate surface area is 196 Å². The van der Waals surface area contributed by atoms with E-state index in [1.807, 2.05) is 17.7 Å². The number of aromatic nitrogens is 5. The molecule has 4 rings (SSSR count). The minimum atomic E-state index is -0.164. The van der Waals surface area contributed by atoms with E-state index in [1.54, 1.807) is 0 Å². The Morgan fingerprint density at radius 3 is 2.64 bits per heavy atom. The maximum absolute atomic E-state index is 13.1. The number of hydrogen-bond donors (Lipinski definition) is 1. The van der Waals surface area contributed by atoms with E-state index in [0.717, 1.165) is 53.5 Å². The number of nitrogens with zero attached hydrogens (tertiary/aromatic N) is 5. The smallest absolute Gasteiger partial charge is 0.252 e. The number of rotatable bonds is 8. The van der Waals surface area contributed by atoms with E-state index in [2.05, 4.69) is 71.3 Å². The van der Waals surface area contributed by atoms with Crippen LogP contribution in [0.4, 0.5) is 0 Å². The fraction of sp³-hybridized carbons (Fsp3) is 0.615. The van der Waals surface area contributed by atoms with Gasteiger partial charge in [-0.15, -0.1) is 5.10 Å². The Kier molecular flexibility index (Phi) is 6.98. The number of pyridine rings is 1. The van der Waals surface area contributed by atoms with Crippen LogP contribution in [0, 0.1) is 6.92 Å². The fourth-order valence-electron chi connectivity index (χ4n) is 5.13. The molecule has 33 heavy (non-hydrogen) atoms. The summed E-state index contributed by atoms with van der Waals surface area (Å²) in [6.45, 7) is 11.4. The summed E-state index contributed by atoms with van der Waals surface area (Å²) in [5.41, 5.74) is 2.68. The van der Waals surface area contributed by atoms with Gasteiger partial charge in [0.15, 0.2) is 5.82 Å². The zero-order valence-corrected chi connectivity index (χ0v) is 20.8. The highest BCUT2D eigenvalue weighted by atomic mass is 16.1. The van der Waals surface area contributed by atoms with Crippen molar-refractivity contribution in [2.24, 2.45) is 0 Å². The molecule has 1 aromatic carbocycles. The van der Waals surface area contributed by atoms with Crippen molar-refractivity contribution in [3.8, 4) is 0 Å². The fourth-order valence-corrected chi connectivity index (χ4v) is 5.13. The third-order valence-electron chi connectivity index (χ3n) is 7.49. The molecule has 0 bridgehead atoms. The van der Waals surface area contributed by atoms with Gasteiger partial charge in [-0.3, -0.25) is 9.69 Å². The van der Waals surface area contributed by atoms with Crippen molar-refractivity contribution < 1.29 is 0 Å². The second kappa shape index (κ2) is 9.75. The van der Waals surface area contributed by atoms with Crippen LogP contribution in [0.1, 0.15) is 95.6 Å². The van der Waals surface area contributed by atoms with E-state index < -0.39 is 0 Å². The van der Waals surface area contributed by atoms with Crippen LogP contribution in [0.15, 0.2) is 29.1 Å². The number of benzene rings is 1. The standard InChI is InChI=1S/C26H38N6O/c1-6-23(24-28-29-30-32(24)26(4,5)7-2)31(21-11-9-8-10-12-21)17-20-16-19-14-13-18(3)15-22(19)27-25(20)33/h13-16,21,23H,6-12,17H2,1-5H3,(H,27,33). The van der Waals surface area contributed by atoms with E-state index in [9.17, 15) is 4.79 Å². The van der Waals surface area contributed by atoms with Crippen LogP contribution in [0.3, 0.4) is 0 Å². The van der Waals surface area contributed by atoms with Crippen LogP contribution in [-0.4, -0.2) is 36.1 Å². The summed E-state index contributed by atoms with van der Waals surface area (Å²) >= 11 is 0. The topological polar surface area (TPSA) is 79.7 Å². The first-order valence-electron chi connectivity index (χ1n) is 12.5. The van der Waals surface area contributed by atoms with Crippen LogP contribution in [0.2, 0.25) is 0 Å². The first-order valence-corrected chi connectivity index (χ1v) is 12.5. The van der Waals surface area contributed by atoms with Crippen molar-refractivity contribution in [1.82, 2.24) is 30.1 Å². The Morgan fingerprint density at radius 1 is 1.18 bits per heavy atom. The van der Waals surface area contributed by atoms with Crippen LogP contribution in [-0.2, 0) is 12.1 Å². The van der Waals surface area contributed by atoms with Crippen molar-refractivity contribution in [3.63, 3.8) is 0 Å². The lowest BCUT2D eigenvalue weighted by Crippen LogP contribution is -2.42. The highest BCUT2D eigenvalue weighted by molar-refractivity contribution is 5.79. The normalized spacial score (nSPS) is 16.5. The average Bonchev–Trinajstić information content (AvgIpc) is 3.30. The number of hydrogen-bond acceptors (Lipinski definition) is 5. The van der Waals surface area contributed by atoms with Crippen LogP contribution in [0.25, 0.3) is 10.9 Å². The summed E-state index contributed by atoms with van der Waals surface area (Å²) in [6.07, 6.45) is 7.89. The van der Waals surface area contributed by atoms with Crippen LogP contribution in [0.5, 0.6) is 0 Å². The molecule has 3 aromatic rings. The lowest BCUT2D eigenvalue weighted by atomic mass is 9.91. The molecule has 0 amide bonds. The molecule has 7 nitrogen and oxygen atoms in total. The predicted octanol–water partition coefficient (Wildman–Crippen LogP) is 5.25. The number of nitrogens with one attached hydrogen (secondary N) is 1. The molecule has 7 heteroatoms. The number of aromatic amines is 1. The van der Waals surface area contributed by atoms with Gasteiger partial charge >= 0.3 is 0 Å². The Bertz CT molecular complexity index is 1140. The monoisotopic (exact) mass is 450 g/mol. The van der Waals surface area contributed by atoms with Gasteiger partial charge in [0.2, 0.25) is 0 Å². The molecular weight excluding hydrogens is 412 g/mol. The van der Waals surface area contributed by atoms with Gasteiger partial charge in [0.1, 0.15) is 0 Å². The zero-order valence-electron chi connectivity index (χ0n) is 20.8. The molecule has 1 aliphatic carbocycles. The van der Waals surface area contributed by atoms with E-state index in [1.165, 1.54) is 19.3 Å². The Morgan fingerprint density at radius 2 is 1.94 bits per heavy atom. The van der Waals surface area contributed by atoms with Crippen molar-refractivity contribution in [2.45, 2.75) is 104 Å². The summed E-state index contributed by atoms with van der Waals surface area (Å²) in [7, 11) is 0. The number of tetrazole rings is 1. The summed E-state index contributed by atoms with van der Waals surface area (Å²) in [4.78, 5) is 18.7. The van der Waals surface area contributed by atoms with Gasteiger partial charge in [-0.2, -0.15) is 0 Å². The molecule has 2 heterocycles. The summed E-state index contributed by atoms with van der Waals surface area (Å²) in [5.74, 6) is 0.905. The highest BCUT2D eigenvalue weighted by Gasteiger charge is 2.34. The molecule has 1 N–H and O–H groups in total. The van der Waals surface area contributed by atoms with Gasteiger partial charge < -0.3 is 4.98 Å². The third-order valence-corrected chi connectivity index (χ3v) is 7.49. The summed E-state index contributed by atoms with van der Waals surface area (Å²) < 4.78 is 2.00. The predicted molar refractivity (Wildman–Crippen MR) is 132 cm³/mol. The van der Waals surface area contributed by atoms with Crippen molar-refractivity contribution >= 4 is 10.9 Å². The van der Waals surface area contributed by atoms with Gasteiger partial charge in [0.25, 0.3) is 5.56 Å². The SMILES string of the molecule is CCC(c1nnnn1C(C)(C)CC)N(Cc1cc2ccc(C)cc2[nH]c1=O)C1CCCCC1. The van der Waals surface area contributed by atoms with Gasteiger partial charge in [-0.25, -0.2) is 4.68 Å². The molecule has 0 aliphatic heterocycles. The lowest BCUT2D eigenvalue weighted by Gasteiger charge is -2.40. The number of fused-ring (bicyclic) bond motifs is 1. The van der Waals surface area contributed by atoms with Gasteiger partial charge in [-0.05, 0) is 80.0 Å². The first kappa shape index (κ1) is 23.6. The average molecular weight is 451 g/mol. The zero-order chi connectivity index (χ0) is 23.6. The summed E-state index contributed by atoms with van der Waals surface area (Å²) in [5, 5.41) is 14.1. The maximum Gasteiger partial charge on any atom is 0.252 e. The van der Waals surface area contributed by atoms with E-state index >= 15 is 0 Å². The molecule has 178 valence electrons. The van der Waals surface area contributed by atoms with Crippen molar-refractivity contribution in [1.29, 1.82) is 0 Å². The number of H-pyrrole nitrogens is 1. The second-order valence-electron chi connectivity index (χ2n) is 10.2. The molecule has 0 saturated heterocycles. The molecule has 0 spiro atoms. The molecule has 1 fully saturated rings. The van der Waals surface area contributed by atoms with Crippen LogP contribution < -0.4 is 5.56 Å². The van der Waals surface area contributed by atoms with E-state index in [0.29, 0.717) is 12.6 Å². The van der Waals surface area contributed by atoms with Gasteiger partial charge in [-0.1, -0.05) is 45.2 Å². The molecule has 1 aliphatic rings. The molecule has 1 unspecified atom stereocenters. The molecule has 1 saturated carbocycles. The third kappa shape index (κ3) is 4.88. The maximum atomic E-state index is 13.1. The van der Waals surface area contributed by atoms with Gasteiger partial charge in [0, 0.05) is 23.7 Å². The quantitative estimate of drug-likeness (QED) is 0.507. The molecule has 0 radical (unpaired) electrons. The minimum Gasteiger partial charge on any atom is -0.322 e. The molecular formula is C26H38N6O.